The molecule has 9 heteroatoms. The molecule has 0 spiro atoms. The summed E-state index contributed by atoms with van der Waals surface area (Å²) in [4.78, 5) is 14.7. The summed E-state index contributed by atoms with van der Waals surface area (Å²) < 4.78 is 20.3. The van der Waals surface area contributed by atoms with Crippen LogP contribution in [0.25, 0.3) is 11.1 Å². The number of halogens is 2. The standard InChI is InChI=1S/C20H17ClFN3O4/c21-18-13(17-15(22)2-1-3-16(17)26)6-11(7-23)14-9-24-4-5-25(20(27)28)8-12(24)10-29-19(14)18/h1-3,6,12,26H,4-5,8-10H2,(H,27,28)/t12-/m1/s1. The number of phenols is 1. The van der Waals surface area contributed by atoms with Crippen molar-refractivity contribution in [2.45, 2.75) is 12.6 Å². The molecule has 0 aromatic heterocycles. The lowest BCUT2D eigenvalue weighted by Gasteiger charge is -2.38. The van der Waals surface area contributed by atoms with Gasteiger partial charge in [0.2, 0.25) is 0 Å². The molecular formula is C20H17ClFN3O4. The minimum atomic E-state index is -0.987. The van der Waals surface area contributed by atoms with Crippen molar-refractivity contribution in [1.82, 2.24) is 9.80 Å². The van der Waals surface area contributed by atoms with E-state index in [2.05, 4.69) is 11.0 Å². The van der Waals surface area contributed by atoms with E-state index in [4.69, 9.17) is 16.3 Å². The van der Waals surface area contributed by atoms with Crippen LogP contribution in [0.1, 0.15) is 11.1 Å². The summed E-state index contributed by atoms with van der Waals surface area (Å²) in [6.45, 7) is 1.67. The second kappa shape index (κ2) is 7.43. The zero-order valence-electron chi connectivity index (χ0n) is 15.2. The quantitative estimate of drug-likeness (QED) is 0.739. The molecule has 1 amide bonds. The predicted octanol–water partition coefficient (Wildman–Crippen LogP) is 3.28. The van der Waals surface area contributed by atoms with Crippen LogP contribution in [0.2, 0.25) is 5.02 Å². The van der Waals surface area contributed by atoms with Crippen LogP contribution >= 0.6 is 11.6 Å². The van der Waals surface area contributed by atoms with E-state index in [-0.39, 0.29) is 52.4 Å². The van der Waals surface area contributed by atoms with Gasteiger partial charge in [-0.1, -0.05) is 17.7 Å². The lowest BCUT2D eigenvalue weighted by Crippen LogP contribution is -2.55. The lowest BCUT2D eigenvalue weighted by atomic mass is 9.96. The van der Waals surface area contributed by atoms with E-state index in [9.17, 15) is 24.7 Å². The van der Waals surface area contributed by atoms with Gasteiger partial charge in [0.25, 0.3) is 0 Å². The normalized spacial score (nSPS) is 18.8. The highest BCUT2D eigenvalue weighted by Crippen LogP contribution is 2.45. The van der Waals surface area contributed by atoms with E-state index in [0.29, 0.717) is 25.2 Å². The fourth-order valence-corrected chi connectivity index (χ4v) is 4.17. The van der Waals surface area contributed by atoms with Crippen molar-refractivity contribution in [2.75, 3.05) is 26.2 Å². The number of fused-ring (bicyclic) bond motifs is 2. The molecule has 2 aliphatic rings. The molecule has 1 saturated heterocycles. The van der Waals surface area contributed by atoms with Gasteiger partial charge in [0.1, 0.15) is 23.9 Å². The van der Waals surface area contributed by atoms with Crippen molar-refractivity contribution in [2.24, 2.45) is 0 Å². The van der Waals surface area contributed by atoms with E-state index < -0.39 is 11.9 Å². The highest BCUT2D eigenvalue weighted by Gasteiger charge is 2.35. The summed E-state index contributed by atoms with van der Waals surface area (Å²) >= 11 is 6.55. The Kier molecular flexibility index (Phi) is 4.94. The number of carboxylic acid groups (broad SMARTS) is 1. The number of nitrogens with zero attached hydrogens (tertiary/aromatic N) is 3. The summed E-state index contributed by atoms with van der Waals surface area (Å²) in [5.74, 6) is -0.697. The molecule has 2 N–H and O–H groups in total. The van der Waals surface area contributed by atoms with Crippen molar-refractivity contribution in [1.29, 1.82) is 5.26 Å². The molecule has 150 valence electrons. The van der Waals surface area contributed by atoms with Crippen molar-refractivity contribution < 1.29 is 24.1 Å². The second-order valence-electron chi connectivity index (χ2n) is 7.00. The summed E-state index contributed by atoms with van der Waals surface area (Å²) in [5, 5.41) is 29.2. The Morgan fingerprint density at radius 1 is 1.38 bits per heavy atom. The first-order valence-corrected chi connectivity index (χ1v) is 9.36. The van der Waals surface area contributed by atoms with Crippen LogP contribution in [-0.4, -0.2) is 58.4 Å². The minimum absolute atomic E-state index is 0.0978. The Morgan fingerprint density at radius 2 is 2.17 bits per heavy atom. The zero-order chi connectivity index (χ0) is 20.7. The van der Waals surface area contributed by atoms with Crippen molar-refractivity contribution in [3.63, 3.8) is 0 Å². The Hall–Kier alpha value is -3.02. The molecule has 29 heavy (non-hydrogen) atoms. The average molecular weight is 418 g/mol. The van der Waals surface area contributed by atoms with Crippen LogP contribution in [0, 0.1) is 17.1 Å². The summed E-state index contributed by atoms with van der Waals surface area (Å²) in [6.07, 6.45) is -0.987. The van der Waals surface area contributed by atoms with Crippen LogP contribution < -0.4 is 4.74 Å². The largest absolute Gasteiger partial charge is 0.507 e. The number of amides is 1. The number of aromatic hydroxyl groups is 1. The van der Waals surface area contributed by atoms with Crippen LogP contribution in [0.15, 0.2) is 24.3 Å². The Balaban J connectivity index is 1.79. The first kappa shape index (κ1) is 19.3. The highest BCUT2D eigenvalue weighted by molar-refractivity contribution is 6.35. The lowest BCUT2D eigenvalue weighted by molar-refractivity contribution is 0.0503. The SMILES string of the molecule is N#Cc1cc(-c2c(O)cccc2F)c(Cl)c2c1CN1CCN(C(=O)O)C[C@@H]1CO2. The third kappa shape index (κ3) is 3.33. The first-order chi connectivity index (χ1) is 13.9. The molecule has 1 atom stereocenters. The van der Waals surface area contributed by atoms with Crippen LogP contribution in [0.5, 0.6) is 11.5 Å². The average Bonchev–Trinajstić information content (AvgIpc) is 2.89. The number of rotatable bonds is 1. The van der Waals surface area contributed by atoms with Gasteiger partial charge in [0.15, 0.2) is 0 Å². The molecule has 0 unspecified atom stereocenters. The molecule has 2 heterocycles. The van der Waals surface area contributed by atoms with Gasteiger partial charge in [-0.2, -0.15) is 5.26 Å². The molecule has 0 radical (unpaired) electrons. The maximum atomic E-state index is 14.4. The van der Waals surface area contributed by atoms with Crippen molar-refractivity contribution in [3.05, 3.63) is 46.2 Å². The Morgan fingerprint density at radius 3 is 2.86 bits per heavy atom. The van der Waals surface area contributed by atoms with Crippen LogP contribution in [-0.2, 0) is 6.54 Å². The van der Waals surface area contributed by atoms with E-state index >= 15 is 0 Å². The van der Waals surface area contributed by atoms with Crippen molar-refractivity contribution >= 4 is 17.7 Å². The summed E-state index contributed by atoms with van der Waals surface area (Å²) in [7, 11) is 0. The Labute approximate surface area is 171 Å². The van der Waals surface area contributed by atoms with E-state index in [1.54, 1.807) is 0 Å². The first-order valence-electron chi connectivity index (χ1n) is 8.98. The summed E-state index contributed by atoms with van der Waals surface area (Å²) in [5.41, 5.74) is 0.913. The van der Waals surface area contributed by atoms with Gasteiger partial charge in [-0.15, -0.1) is 0 Å². The van der Waals surface area contributed by atoms with Gasteiger partial charge in [-0.05, 0) is 18.2 Å². The number of hydrogen-bond acceptors (Lipinski definition) is 5. The summed E-state index contributed by atoms with van der Waals surface area (Å²) in [6, 6.07) is 7.28. The number of ether oxygens (including phenoxy) is 1. The van der Waals surface area contributed by atoms with Gasteiger partial charge in [0, 0.05) is 37.3 Å². The molecule has 2 aromatic carbocycles. The fraction of sp³-hybridized carbons (Fsp3) is 0.300. The van der Waals surface area contributed by atoms with Crippen molar-refractivity contribution in [3.8, 4) is 28.7 Å². The zero-order valence-corrected chi connectivity index (χ0v) is 16.0. The second-order valence-corrected chi connectivity index (χ2v) is 7.38. The molecule has 7 nitrogen and oxygen atoms in total. The molecule has 1 fully saturated rings. The van der Waals surface area contributed by atoms with Gasteiger partial charge < -0.3 is 19.8 Å². The van der Waals surface area contributed by atoms with E-state index in [0.717, 1.165) is 0 Å². The van der Waals surface area contributed by atoms with Gasteiger partial charge >= 0.3 is 6.09 Å². The highest BCUT2D eigenvalue weighted by atomic mass is 35.5. The minimum Gasteiger partial charge on any atom is -0.507 e. The van der Waals surface area contributed by atoms with E-state index in [1.165, 1.54) is 29.2 Å². The monoisotopic (exact) mass is 417 g/mol. The molecule has 4 rings (SSSR count). The predicted molar refractivity (Wildman–Crippen MR) is 103 cm³/mol. The van der Waals surface area contributed by atoms with Gasteiger partial charge in [0.05, 0.1) is 28.3 Å². The number of benzene rings is 2. The maximum Gasteiger partial charge on any atom is 0.407 e. The van der Waals surface area contributed by atoms with Crippen LogP contribution in [0.4, 0.5) is 9.18 Å². The van der Waals surface area contributed by atoms with E-state index in [1.807, 2.05) is 0 Å². The maximum absolute atomic E-state index is 14.4. The number of piperazine rings is 1. The Bertz CT molecular complexity index is 1020. The molecule has 0 bridgehead atoms. The van der Waals surface area contributed by atoms with Crippen LogP contribution in [0.3, 0.4) is 0 Å². The molecule has 2 aliphatic heterocycles. The third-order valence-electron chi connectivity index (χ3n) is 5.36. The molecule has 0 aliphatic carbocycles. The topological polar surface area (TPSA) is 97.0 Å². The fourth-order valence-electron chi connectivity index (χ4n) is 3.86. The molecular weight excluding hydrogens is 401 g/mol. The molecule has 0 saturated carbocycles. The number of carbonyl (C=O) groups is 1. The smallest absolute Gasteiger partial charge is 0.407 e. The third-order valence-corrected chi connectivity index (χ3v) is 5.74. The molecule has 2 aromatic rings. The number of hydrogen-bond donors (Lipinski definition) is 2. The van der Waals surface area contributed by atoms with Gasteiger partial charge in [-0.3, -0.25) is 4.90 Å². The number of phenolic OH excluding ortho intramolecular Hbond substituents is 1. The number of nitriles is 1. The van der Waals surface area contributed by atoms with Gasteiger partial charge in [-0.25, -0.2) is 9.18 Å².